The van der Waals surface area contributed by atoms with Crippen molar-refractivity contribution in [3.63, 3.8) is 0 Å². The van der Waals surface area contributed by atoms with Crippen molar-refractivity contribution in [2.75, 3.05) is 22.1 Å². The number of fused-ring (bicyclic) bond motifs is 1. The lowest BCUT2D eigenvalue weighted by Crippen LogP contribution is -2.33. The largest absolute Gasteiger partial charge is 0.477 e. The number of carboxylic acids is 1. The Labute approximate surface area is 230 Å². The molecule has 2 aromatic carbocycles. The summed E-state index contributed by atoms with van der Waals surface area (Å²) in [5.74, 6) is -1.17. The maximum Gasteiger partial charge on any atom is 0.348 e. The topological polar surface area (TPSA) is 112 Å². The number of carbonyl (C=O) groups excluding carboxylic acids is 2. The van der Waals surface area contributed by atoms with Gasteiger partial charge in [-0.1, -0.05) is 51.1 Å². The number of amides is 3. The number of hydrogen-bond acceptors (Lipinski definition) is 5. The average molecular weight is 541 g/mol. The van der Waals surface area contributed by atoms with Gasteiger partial charge in [-0.2, -0.15) is 0 Å². The summed E-state index contributed by atoms with van der Waals surface area (Å²) in [7, 11) is 0. The lowest BCUT2D eigenvalue weighted by molar-refractivity contribution is -0.114. The number of rotatable bonds is 5. The number of anilines is 3. The summed E-state index contributed by atoms with van der Waals surface area (Å²) in [6.45, 7) is 6.53. The van der Waals surface area contributed by atoms with Gasteiger partial charge in [0.2, 0.25) is 0 Å². The molecule has 1 aliphatic heterocycles. The number of thiophene rings is 1. The predicted molar refractivity (Wildman–Crippen MR) is 156 cm³/mol. The molecule has 3 amide bonds. The van der Waals surface area contributed by atoms with Crippen LogP contribution in [0.15, 0.2) is 73.1 Å². The number of hydrogen-bond donors (Lipinski definition) is 3. The molecule has 198 valence electrons. The molecule has 1 aliphatic rings. The number of aromatic carboxylic acids is 1. The SMILES string of the molecule is CC(C)(C)c1cc(NC(=O)Nc2ccc(C3=CC(=O)N(c4ccncc4)CC3)c3ccccc23)c(C(=O)O)s1. The minimum absolute atomic E-state index is 0.0880. The molecule has 8 nitrogen and oxygen atoms in total. The van der Waals surface area contributed by atoms with Crippen LogP contribution < -0.4 is 15.5 Å². The van der Waals surface area contributed by atoms with Crippen molar-refractivity contribution >= 4 is 62.7 Å². The molecule has 2 aromatic heterocycles. The number of aromatic nitrogens is 1. The second-order valence-electron chi connectivity index (χ2n) is 10.3. The molecule has 4 aromatic rings. The zero-order valence-electron chi connectivity index (χ0n) is 21.8. The third-order valence-electron chi connectivity index (χ3n) is 6.57. The monoisotopic (exact) mass is 540 g/mol. The van der Waals surface area contributed by atoms with Gasteiger partial charge in [-0.05, 0) is 52.6 Å². The van der Waals surface area contributed by atoms with E-state index >= 15 is 0 Å². The molecule has 0 atom stereocenters. The summed E-state index contributed by atoms with van der Waals surface area (Å²) in [5.41, 5.74) is 3.27. The summed E-state index contributed by atoms with van der Waals surface area (Å²) in [6.07, 6.45) is 5.68. The Hall–Kier alpha value is -4.50. The van der Waals surface area contributed by atoms with Crippen molar-refractivity contribution in [3.05, 3.63) is 88.4 Å². The van der Waals surface area contributed by atoms with Crippen LogP contribution in [0.4, 0.5) is 21.9 Å². The van der Waals surface area contributed by atoms with Crippen LogP contribution in [0.25, 0.3) is 16.3 Å². The van der Waals surface area contributed by atoms with Crippen molar-refractivity contribution in [1.82, 2.24) is 4.98 Å². The van der Waals surface area contributed by atoms with Crippen molar-refractivity contribution in [2.45, 2.75) is 32.6 Å². The molecule has 3 N–H and O–H groups in total. The molecular weight excluding hydrogens is 512 g/mol. The molecule has 9 heteroatoms. The van der Waals surface area contributed by atoms with Crippen LogP contribution >= 0.6 is 11.3 Å². The quantitative estimate of drug-likeness (QED) is 0.259. The lowest BCUT2D eigenvalue weighted by Gasteiger charge is -2.27. The average Bonchev–Trinajstić information content (AvgIpc) is 3.34. The van der Waals surface area contributed by atoms with E-state index in [-0.39, 0.29) is 21.9 Å². The van der Waals surface area contributed by atoms with Gasteiger partial charge >= 0.3 is 12.0 Å². The zero-order chi connectivity index (χ0) is 27.7. The summed E-state index contributed by atoms with van der Waals surface area (Å²) in [6, 6.07) is 16.2. The number of pyridine rings is 1. The minimum atomic E-state index is -1.08. The first-order valence-electron chi connectivity index (χ1n) is 12.5. The molecule has 0 fully saturated rings. The fraction of sp³-hybridized carbons (Fsp3) is 0.200. The summed E-state index contributed by atoms with van der Waals surface area (Å²) >= 11 is 1.16. The smallest absolute Gasteiger partial charge is 0.348 e. The van der Waals surface area contributed by atoms with Crippen LogP contribution in [-0.2, 0) is 10.2 Å². The Bertz CT molecular complexity index is 1620. The molecule has 0 aliphatic carbocycles. The highest BCUT2D eigenvalue weighted by Gasteiger charge is 2.25. The molecule has 0 bridgehead atoms. The van der Waals surface area contributed by atoms with E-state index in [0.29, 0.717) is 18.7 Å². The first-order chi connectivity index (χ1) is 18.6. The molecule has 0 unspecified atom stereocenters. The molecule has 0 saturated heterocycles. The van der Waals surface area contributed by atoms with Crippen LogP contribution in [0, 0.1) is 0 Å². The minimum Gasteiger partial charge on any atom is -0.477 e. The second kappa shape index (κ2) is 10.3. The highest BCUT2D eigenvalue weighted by atomic mass is 32.1. The highest BCUT2D eigenvalue weighted by Crippen LogP contribution is 2.37. The van der Waals surface area contributed by atoms with E-state index in [4.69, 9.17) is 0 Å². The first kappa shape index (κ1) is 26.1. The number of nitrogens with zero attached hydrogens (tertiary/aromatic N) is 2. The van der Waals surface area contributed by atoms with Gasteiger partial charge < -0.3 is 20.6 Å². The van der Waals surface area contributed by atoms with Crippen LogP contribution in [0.2, 0.25) is 0 Å². The van der Waals surface area contributed by atoms with Gasteiger partial charge in [0, 0.05) is 41.0 Å². The van der Waals surface area contributed by atoms with Gasteiger partial charge in [0.25, 0.3) is 5.91 Å². The number of urea groups is 1. The van der Waals surface area contributed by atoms with Crippen molar-refractivity contribution in [3.8, 4) is 0 Å². The highest BCUT2D eigenvalue weighted by molar-refractivity contribution is 7.14. The third kappa shape index (κ3) is 5.39. The Morgan fingerprint density at radius 1 is 0.974 bits per heavy atom. The molecule has 0 saturated carbocycles. The molecular formula is C30H28N4O4S. The van der Waals surface area contributed by atoms with Crippen molar-refractivity contribution in [1.29, 1.82) is 0 Å². The van der Waals surface area contributed by atoms with E-state index in [9.17, 15) is 19.5 Å². The van der Waals surface area contributed by atoms with Crippen molar-refractivity contribution < 1.29 is 19.5 Å². The first-order valence-corrected chi connectivity index (χ1v) is 13.3. The van der Waals surface area contributed by atoms with E-state index < -0.39 is 12.0 Å². The van der Waals surface area contributed by atoms with Crippen molar-refractivity contribution in [2.24, 2.45) is 0 Å². The second-order valence-corrected chi connectivity index (χ2v) is 11.4. The van der Waals surface area contributed by atoms with E-state index in [0.717, 1.165) is 43.8 Å². The Kier molecular flexibility index (Phi) is 6.93. The molecule has 39 heavy (non-hydrogen) atoms. The standard InChI is InChI=1S/C30H28N4O4S/c1-30(2,3)25-17-24(27(39-25)28(36)37)33-29(38)32-23-9-8-20(21-6-4-5-7-22(21)23)18-12-15-34(26(35)16-18)19-10-13-31-14-11-19/h4-11,13-14,16-17H,12,15H2,1-3H3,(H,36,37)(H2,32,33,38). The fourth-order valence-corrected chi connectivity index (χ4v) is 5.62. The van der Waals surface area contributed by atoms with E-state index in [1.165, 1.54) is 0 Å². The van der Waals surface area contributed by atoms with Gasteiger partial charge in [0.1, 0.15) is 4.88 Å². The van der Waals surface area contributed by atoms with Crippen LogP contribution in [-0.4, -0.2) is 34.5 Å². The molecule has 0 spiro atoms. The van der Waals surface area contributed by atoms with Gasteiger partial charge in [-0.3, -0.25) is 9.78 Å². The maximum absolute atomic E-state index is 13.0. The Morgan fingerprint density at radius 3 is 2.33 bits per heavy atom. The van der Waals surface area contributed by atoms with Crippen LogP contribution in [0.5, 0.6) is 0 Å². The molecule has 3 heterocycles. The van der Waals surface area contributed by atoms with E-state index in [1.54, 1.807) is 29.4 Å². The third-order valence-corrected chi connectivity index (χ3v) is 8.12. The van der Waals surface area contributed by atoms with Crippen LogP contribution in [0.3, 0.4) is 0 Å². The van der Waals surface area contributed by atoms with E-state index in [2.05, 4.69) is 15.6 Å². The Balaban J connectivity index is 1.41. The number of benzene rings is 2. The lowest BCUT2D eigenvalue weighted by atomic mass is 9.93. The number of nitrogens with one attached hydrogen (secondary N) is 2. The zero-order valence-corrected chi connectivity index (χ0v) is 22.6. The number of carboxylic acid groups (broad SMARTS) is 1. The summed E-state index contributed by atoms with van der Waals surface area (Å²) in [5, 5.41) is 17.0. The van der Waals surface area contributed by atoms with Gasteiger partial charge in [0.05, 0.1) is 11.4 Å². The molecule has 0 radical (unpaired) electrons. The fourth-order valence-electron chi connectivity index (χ4n) is 4.61. The summed E-state index contributed by atoms with van der Waals surface area (Å²) in [4.78, 5) is 44.4. The Morgan fingerprint density at radius 2 is 1.67 bits per heavy atom. The number of carbonyl (C=O) groups is 3. The summed E-state index contributed by atoms with van der Waals surface area (Å²) < 4.78 is 0. The van der Waals surface area contributed by atoms with E-state index in [1.807, 2.05) is 69.3 Å². The predicted octanol–water partition coefficient (Wildman–Crippen LogP) is 6.76. The molecule has 5 rings (SSSR count). The van der Waals surface area contributed by atoms with Gasteiger partial charge in [-0.25, -0.2) is 9.59 Å². The normalized spacial score (nSPS) is 13.8. The maximum atomic E-state index is 13.0. The van der Waals surface area contributed by atoms with Gasteiger partial charge in [-0.15, -0.1) is 11.3 Å². The van der Waals surface area contributed by atoms with Gasteiger partial charge in [0.15, 0.2) is 0 Å². The van der Waals surface area contributed by atoms with Crippen LogP contribution in [0.1, 0.15) is 47.3 Å².